The fourth-order valence-corrected chi connectivity index (χ4v) is 1.61. The number of carbonyl (C=O) groups excluding carboxylic acids is 1. The molecule has 1 rings (SSSR count). The van der Waals surface area contributed by atoms with Crippen molar-refractivity contribution in [3.63, 3.8) is 0 Å². The van der Waals surface area contributed by atoms with Crippen molar-refractivity contribution < 1.29 is 14.7 Å². The molecule has 0 saturated heterocycles. The van der Waals surface area contributed by atoms with Crippen molar-refractivity contribution >= 4 is 12.0 Å². The van der Waals surface area contributed by atoms with Crippen LogP contribution < -0.4 is 5.32 Å². The Morgan fingerprint density at radius 3 is 2.74 bits per heavy atom. The molecule has 104 valence electrons. The van der Waals surface area contributed by atoms with Crippen LogP contribution >= 0.6 is 0 Å². The van der Waals surface area contributed by atoms with E-state index in [1.54, 1.807) is 0 Å². The van der Waals surface area contributed by atoms with E-state index in [0.717, 1.165) is 11.4 Å². The van der Waals surface area contributed by atoms with Crippen LogP contribution in [0.4, 0.5) is 4.79 Å². The van der Waals surface area contributed by atoms with Gasteiger partial charge >= 0.3 is 12.0 Å². The number of amides is 2. The minimum Gasteiger partial charge on any atom is -0.481 e. The molecule has 1 heterocycles. The van der Waals surface area contributed by atoms with Crippen LogP contribution in [-0.2, 0) is 11.3 Å². The van der Waals surface area contributed by atoms with E-state index >= 15 is 0 Å². The number of hydrogen-bond acceptors (Lipinski definition) is 3. The minimum absolute atomic E-state index is 0.0516. The molecule has 0 spiro atoms. The quantitative estimate of drug-likeness (QED) is 0.814. The summed E-state index contributed by atoms with van der Waals surface area (Å²) in [6, 6.07) is 5.33. The molecule has 0 aliphatic carbocycles. The van der Waals surface area contributed by atoms with E-state index in [1.807, 2.05) is 32.0 Å². The van der Waals surface area contributed by atoms with Crippen molar-refractivity contribution in [1.82, 2.24) is 15.2 Å². The van der Waals surface area contributed by atoms with E-state index in [4.69, 9.17) is 5.11 Å². The van der Waals surface area contributed by atoms with Gasteiger partial charge in [-0.1, -0.05) is 6.07 Å². The average Bonchev–Trinajstić information content (AvgIpc) is 2.37. The van der Waals surface area contributed by atoms with E-state index < -0.39 is 5.97 Å². The molecule has 0 atom stereocenters. The van der Waals surface area contributed by atoms with Gasteiger partial charge in [0.05, 0.1) is 18.7 Å². The number of carbonyl (C=O) groups is 2. The molecule has 1 aromatic heterocycles. The number of nitrogens with one attached hydrogen (secondary N) is 1. The number of aliphatic carboxylic acids is 1. The summed E-state index contributed by atoms with van der Waals surface area (Å²) in [6.07, 6.45) is -0.0516. The van der Waals surface area contributed by atoms with Gasteiger partial charge in [-0.3, -0.25) is 9.78 Å². The molecule has 0 aliphatic heterocycles. The summed E-state index contributed by atoms with van der Waals surface area (Å²) in [4.78, 5) is 28.1. The molecular weight excluding hydrogens is 246 g/mol. The Morgan fingerprint density at radius 2 is 2.16 bits per heavy atom. The topological polar surface area (TPSA) is 82.5 Å². The lowest BCUT2D eigenvalue weighted by atomic mass is 10.3. The number of carboxylic acids is 1. The van der Waals surface area contributed by atoms with Gasteiger partial charge < -0.3 is 15.3 Å². The maximum Gasteiger partial charge on any atom is 0.317 e. The molecule has 19 heavy (non-hydrogen) atoms. The third-order valence-electron chi connectivity index (χ3n) is 2.63. The molecule has 2 amide bonds. The van der Waals surface area contributed by atoms with Crippen LogP contribution in [0.1, 0.15) is 24.7 Å². The Morgan fingerprint density at radius 1 is 1.42 bits per heavy atom. The second-order valence-corrected chi connectivity index (χ2v) is 4.15. The number of nitrogens with zero attached hydrogens (tertiary/aromatic N) is 2. The Kier molecular flexibility index (Phi) is 5.78. The standard InChI is InChI=1S/C13H19N3O3/c1-3-16(8-7-12(17)18)13(19)14-9-11-6-4-5-10(2)15-11/h4-6H,3,7-9H2,1-2H3,(H,14,19)(H,17,18). The minimum atomic E-state index is -0.911. The van der Waals surface area contributed by atoms with Crippen LogP contribution in [0.3, 0.4) is 0 Å². The molecule has 6 nitrogen and oxygen atoms in total. The second-order valence-electron chi connectivity index (χ2n) is 4.15. The first kappa shape index (κ1) is 14.9. The smallest absolute Gasteiger partial charge is 0.317 e. The van der Waals surface area contributed by atoms with Crippen molar-refractivity contribution in [2.75, 3.05) is 13.1 Å². The maximum atomic E-state index is 11.8. The number of hydrogen-bond donors (Lipinski definition) is 2. The lowest BCUT2D eigenvalue weighted by Crippen LogP contribution is -2.40. The summed E-state index contributed by atoms with van der Waals surface area (Å²) in [5.41, 5.74) is 1.67. The number of aromatic nitrogens is 1. The van der Waals surface area contributed by atoms with E-state index in [0.29, 0.717) is 13.1 Å². The fraction of sp³-hybridized carbons (Fsp3) is 0.462. The van der Waals surface area contributed by atoms with Gasteiger partial charge in [0.2, 0.25) is 0 Å². The van der Waals surface area contributed by atoms with Gasteiger partial charge in [0, 0.05) is 18.8 Å². The Bertz CT molecular complexity index is 449. The zero-order chi connectivity index (χ0) is 14.3. The molecule has 2 N–H and O–H groups in total. The van der Waals surface area contributed by atoms with Gasteiger partial charge in [-0.15, -0.1) is 0 Å². The largest absolute Gasteiger partial charge is 0.481 e. The normalized spacial score (nSPS) is 10.0. The number of urea groups is 1. The molecule has 6 heteroatoms. The highest BCUT2D eigenvalue weighted by molar-refractivity contribution is 5.75. The van der Waals surface area contributed by atoms with E-state index in [9.17, 15) is 9.59 Å². The van der Waals surface area contributed by atoms with Crippen molar-refractivity contribution in [2.45, 2.75) is 26.8 Å². The number of rotatable bonds is 6. The van der Waals surface area contributed by atoms with Crippen molar-refractivity contribution in [1.29, 1.82) is 0 Å². The third-order valence-corrected chi connectivity index (χ3v) is 2.63. The SMILES string of the molecule is CCN(CCC(=O)O)C(=O)NCc1cccc(C)n1. The molecule has 0 aromatic carbocycles. The predicted octanol–water partition coefficient (Wildman–Crippen LogP) is 1.40. The molecule has 0 bridgehead atoms. The van der Waals surface area contributed by atoms with E-state index in [2.05, 4.69) is 10.3 Å². The van der Waals surface area contributed by atoms with Crippen LogP contribution in [0.25, 0.3) is 0 Å². The molecule has 1 aromatic rings. The Balaban J connectivity index is 2.46. The van der Waals surface area contributed by atoms with Gasteiger partial charge in [0.15, 0.2) is 0 Å². The number of pyridine rings is 1. The molecule has 0 saturated carbocycles. The van der Waals surface area contributed by atoms with Gasteiger partial charge in [0.25, 0.3) is 0 Å². The van der Waals surface area contributed by atoms with Crippen LogP contribution in [-0.4, -0.2) is 40.1 Å². The van der Waals surface area contributed by atoms with Crippen LogP contribution in [0.5, 0.6) is 0 Å². The third kappa shape index (κ3) is 5.37. The summed E-state index contributed by atoms with van der Waals surface area (Å²) >= 11 is 0. The summed E-state index contributed by atoms with van der Waals surface area (Å²) in [7, 11) is 0. The van der Waals surface area contributed by atoms with Gasteiger partial charge in [-0.05, 0) is 26.0 Å². The van der Waals surface area contributed by atoms with Gasteiger partial charge in [-0.25, -0.2) is 4.79 Å². The lowest BCUT2D eigenvalue weighted by molar-refractivity contribution is -0.137. The fourth-order valence-electron chi connectivity index (χ4n) is 1.61. The molecule has 0 aliphatic rings. The summed E-state index contributed by atoms with van der Waals surface area (Å²) in [6.45, 7) is 4.71. The predicted molar refractivity (Wildman–Crippen MR) is 70.7 cm³/mol. The van der Waals surface area contributed by atoms with Crippen molar-refractivity contribution in [3.8, 4) is 0 Å². The average molecular weight is 265 g/mol. The van der Waals surface area contributed by atoms with Gasteiger partial charge in [-0.2, -0.15) is 0 Å². The molecular formula is C13H19N3O3. The van der Waals surface area contributed by atoms with E-state index in [1.165, 1.54) is 4.90 Å². The van der Waals surface area contributed by atoms with Gasteiger partial charge in [0.1, 0.15) is 0 Å². The van der Waals surface area contributed by atoms with Crippen LogP contribution in [0, 0.1) is 6.92 Å². The van der Waals surface area contributed by atoms with E-state index in [-0.39, 0.29) is 19.0 Å². The Labute approximate surface area is 112 Å². The molecule has 0 fully saturated rings. The highest BCUT2D eigenvalue weighted by atomic mass is 16.4. The first-order valence-electron chi connectivity index (χ1n) is 6.20. The zero-order valence-electron chi connectivity index (χ0n) is 11.2. The monoisotopic (exact) mass is 265 g/mol. The zero-order valence-corrected chi connectivity index (χ0v) is 11.2. The van der Waals surface area contributed by atoms with Crippen LogP contribution in [0.15, 0.2) is 18.2 Å². The lowest BCUT2D eigenvalue weighted by Gasteiger charge is -2.20. The first-order valence-corrected chi connectivity index (χ1v) is 6.20. The number of carboxylic acid groups (broad SMARTS) is 1. The number of aryl methyl sites for hydroxylation is 1. The summed E-state index contributed by atoms with van der Waals surface area (Å²) in [5, 5.41) is 11.3. The summed E-state index contributed by atoms with van der Waals surface area (Å²) < 4.78 is 0. The second kappa shape index (κ2) is 7.35. The summed E-state index contributed by atoms with van der Waals surface area (Å²) in [5.74, 6) is -0.911. The van der Waals surface area contributed by atoms with Crippen molar-refractivity contribution in [2.24, 2.45) is 0 Å². The van der Waals surface area contributed by atoms with Crippen LogP contribution in [0.2, 0.25) is 0 Å². The van der Waals surface area contributed by atoms with Crippen molar-refractivity contribution in [3.05, 3.63) is 29.6 Å². The molecule has 0 radical (unpaired) electrons. The maximum absolute atomic E-state index is 11.8. The first-order chi connectivity index (χ1) is 9.02. The molecule has 0 unspecified atom stereocenters. The highest BCUT2D eigenvalue weighted by Crippen LogP contribution is 1.99. The Hall–Kier alpha value is -2.11. The highest BCUT2D eigenvalue weighted by Gasteiger charge is 2.12.